The Morgan fingerprint density at radius 1 is 1.00 bits per heavy atom. The molecule has 0 amide bonds. The van der Waals surface area contributed by atoms with Crippen LogP contribution in [0.25, 0.3) is 0 Å². The number of nitrogens with one attached hydrogen (secondary N) is 2. The Hall–Kier alpha value is -1.64. The van der Waals surface area contributed by atoms with Crippen LogP contribution in [0.3, 0.4) is 0 Å². The fraction of sp³-hybridized carbons (Fsp3) is 0.409. The van der Waals surface area contributed by atoms with Gasteiger partial charge in [0.25, 0.3) is 0 Å². The molecule has 5 nitrogen and oxygen atoms in total. The highest BCUT2D eigenvalue weighted by Crippen LogP contribution is 2.13. The van der Waals surface area contributed by atoms with E-state index in [2.05, 4.69) is 39.9 Å². The monoisotopic (exact) mass is 497 g/mol. The van der Waals surface area contributed by atoms with Gasteiger partial charge in [0.15, 0.2) is 5.96 Å². The van der Waals surface area contributed by atoms with E-state index in [0.29, 0.717) is 6.54 Å². The fourth-order valence-electron chi connectivity index (χ4n) is 2.77. The molecule has 0 saturated carbocycles. The van der Waals surface area contributed by atoms with Gasteiger partial charge in [-0.3, -0.25) is 4.99 Å². The number of rotatable bonds is 11. The number of guanidine groups is 1. The molecule has 0 bridgehead atoms. The van der Waals surface area contributed by atoms with Crippen LogP contribution in [0, 0.1) is 0 Å². The highest BCUT2D eigenvalue weighted by Gasteiger charge is 2.10. The van der Waals surface area contributed by atoms with Gasteiger partial charge in [0.2, 0.25) is 0 Å². The summed E-state index contributed by atoms with van der Waals surface area (Å²) in [4.78, 5) is 4.23. The quantitative estimate of drug-likeness (QED) is 0.193. The second-order valence-corrected chi connectivity index (χ2v) is 6.37. The van der Waals surface area contributed by atoms with Crippen LogP contribution in [0.15, 0.2) is 65.7 Å². The Morgan fingerprint density at radius 3 is 2.32 bits per heavy atom. The van der Waals surface area contributed by atoms with Crippen molar-refractivity contribution in [1.29, 1.82) is 0 Å². The third kappa shape index (κ3) is 9.52. The van der Waals surface area contributed by atoms with Crippen molar-refractivity contribution in [3.63, 3.8) is 0 Å². The summed E-state index contributed by atoms with van der Waals surface area (Å²) in [6, 6.07) is 20.4. The van der Waals surface area contributed by atoms with Gasteiger partial charge in [-0.2, -0.15) is 0 Å². The molecule has 6 heteroatoms. The van der Waals surface area contributed by atoms with Crippen molar-refractivity contribution in [2.75, 3.05) is 40.0 Å². The molecule has 0 radical (unpaired) electrons. The predicted molar refractivity (Wildman–Crippen MR) is 127 cm³/mol. The normalized spacial score (nSPS) is 12.1. The number of aliphatic hydroxyl groups excluding tert-OH is 1. The second kappa shape index (κ2) is 15.3. The number of aliphatic imine (C=N–C) groups is 1. The maximum absolute atomic E-state index is 9.63. The Kier molecular flexibility index (Phi) is 13.3. The van der Waals surface area contributed by atoms with Crippen LogP contribution < -0.4 is 10.6 Å². The first-order chi connectivity index (χ1) is 13.3. The Bertz CT molecular complexity index is 653. The minimum Gasteiger partial charge on any atom is -0.396 e. The molecule has 0 aliphatic rings. The van der Waals surface area contributed by atoms with Crippen molar-refractivity contribution in [1.82, 2.24) is 10.6 Å². The van der Waals surface area contributed by atoms with Gasteiger partial charge in [0.1, 0.15) is 0 Å². The second-order valence-electron chi connectivity index (χ2n) is 6.37. The molecule has 2 rings (SSSR count). The molecule has 0 aliphatic heterocycles. The van der Waals surface area contributed by atoms with Gasteiger partial charge in [-0.25, -0.2) is 0 Å². The van der Waals surface area contributed by atoms with Crippen LogP contribution in [-0.4, -0.2) is 51.0 Å². The van der Waals surface area contributed by atoms with Crippen molar-refractivity contribution in [3.8, 4) is 0 Å². The molecule has 0 fully saturated rings. The Balaban J connectivity index is 0.00000392. The van der Waals surface area contributed by atoms with E-state index in [1.54, 1.807) is 7.05 Å². The maximum atomic E-state index is 9.63. The van der Waals surface area contributed by atoms with E-state index in [0.717, 1.165) is 44.1 Å². The molecule has 28 heavy (non-hydrogen) atoms. The topological polar surface area (TPSA) is 65.9 Å². The van der Waals surface area contributed by atoms with Crippen LogP contribution in [0.5, 0.6) is 0 Å². The number of ether oxygens (including phenoxy) is 1. The zero-order valence-corrected chi connectivity index (χ0v) is 18.8. The van der Waals surface area contributed by atoms with E-state index in [-0.39, 0.29) is 36.5 Å². The van der Waals surface area contributed by atoms with Gasteiger partial charge < -0.3 is 20.5 Å². The third-order valence-electron chi connectivity index (χ3n) is 4.37. The first-order valence-electron chi connectivity index (χ1n) is 9.55. The van der Waals surface area contributed by atoms with E-state index in [1.165, 1.54) is 5.56 Å². The summed E-state index contributed by atoms with van der Waals surface area (Å²) in [5, 5.41) is 16.2. The molecule has 1 unspecified atom stereocenters. The number of hydrogen-bond donors (Lipinski definition) is 3. The van der Waals surface area contributed by atoms with Crippen molar-refractivity contribution in [3.05, 3.63) is 71.8 Å². The lowest BCUT2D eigenvalue weighted by Crippen LogP contribution is -2.40. The Morgan fingerprint density at radius 2 is 1.68 bits per heavy atom. The van der Waals surface area contributed by atoms with Gasteiger partial charge in [-0.05, 0) is 24.0 Å². The van der Waals surface area contributed by atoms with Crippen LogP contribution in [0.2, 0.25) is 0 Å². The first-order valence-corrected chi connectivity index (χ1v) is 9.55. The largest absolute Gasteiger partial charge is 0.396 e. The SMILES string of the molecule is CN=C(NCCCOCCc1ccccc1)NCC(CO)c1ccccc1.I. The van der Waals surface area contributed by atoms with Gasteiger partial charge in [0.05, 0.1) is 13.2 Å². The number of hydrogen-bond acceptors (Lipinski definition) is 3. The summed E-state index contributed by atoms with van der Waals surface area (Å²) in [5.41, 5.74) is 2.42. The molecule has 0 aromatic heterocycles. The van der Waals surface area contributed by atoms with Crippen molar-refractivity contribution < 1.29 is 9.84 Å². The van der Waals surface area contributed by atoms with E-state index >= 15 is 0 Å². The van der Waals surface area contributed by atoms with E-state index in [1.807, 2.05) is 36.4 Å². The average molecular weight is 497 g/mol. The smallest absolute Gasteiger partial charge is 0.191 e. The number of benzene rings is 2. The number of aliphatic hydroxyl groups is 1. The van der Waals surface area contributed by atoms with E-state index in [4.69, 9.17) is 4.74 Å². The van der Waals surface area contributed by atoms with Gasteiger partial charge in [-0.1, -0.05) is 60.7 Å². The summed E-state index contributed by atoms with van der Waals surface area (Å²) in [6.07, 6.45) is 1.86. The summed E-state index contributed by atoms with van der Waals surface area (Å²) in [5.74, 6) is 0.791. The van der Waals surface area contributed by atoms with Gasteiger partial charge in [0, 0.05) is 32.7 Å². The molecule has 0 aliphatic carbocycles. The lowest BCUT2D eigenvalue weighted by atomic mass is 10.0. The Labute approximate surface area is 185 Å². The molecule has 0 saturated heterocycles. The van der Waals surface area contributed by atoms with Crippen molar-refractivity contribution in [2.45, 2.75) is 18.8 Å². The molecule has 154 valence electrons. The average Bonchev–Trinajstić information content (AvgIpc) is 2.73. The highest BCUT2D eigenvalue weighted by atomic mass is 127. The molecular weight excluding hydrogens is 465 g/mol. The van der Waals surface area contributed by atoms with Gasteiger partial charge in [-0.15, -0.1) is 24.0 Å². The lowest BCUT2D eigenvalue weighted by Gasteiger charge is -2.18. The van der Waals surface area contributed by atoms with Crippen molar-refractivity contribution in [2.24, 2.45) is 4.99 Å². The first kappa shape index (κ1) is 24.4. The van der Waals surface area contributed by atoms with Crippen LogP contribution in [0.4, 0.5) is 0 Å². The van der Waals surface area contributed by atoms with Crippen LogP contribution in [-0.2, 0) is 11.2 Å². The summed E-state index contributed by atoms with van der Waals surface area (Å²) in [6.45, 7) is 2.99. The molecule has 0 heterocycles. The zero-order valence-electron chi connectivity index (χ0n) is 16.5. The fourth-order valence-corrected chi connectivity index (χ4v) is 2.77. The molecule has 3 N–H and O–H groups in total. The minimum atomic E-state index is 0. The summed E-state index contributed by atoms with van der Waals surface area (Å²) >= 11 is 0. The number of nitrogens with zero attached hydrogens (tertiary/aromatic N) is 1. The molecule has 2 aromatic carbocycles. The molecule has 2 aromatic rings. The highest BCUT2D eigenvalue weighted by molar-refractivity contribution is 14.0. The molecule has 0 spiro atoms. The maximum Gasteiger partial charge on any atom is 0.191 e. The minimum absolute atomic E-state index is 0. The lowest BCUT2D eigenvalue weighted by molar-refractivity contribution is 0.135. The summed E-state index contributed by atoms with van der Waals surface area (Å²) < 4.78 is 5.69. The zero-order chi connectivity index (χ0) is 19.2. The summed E-state index contributed by atoms with van der Waals surface area (Å²) in [7, 11) is 1.75. The number of halogens is 1. The standard InChI is InChI=1S/C22H31N3O2.HI/c1-23-22(25-17-21(18-26)20-11-6-3-7-12-20)24-14-8-15-27-16-13-19-9-4-2-5-10-19;/h2-7,9-12,21,26H,8,13-18H2,1H3,(H2,23,24,25);1H. The molecule has 1 atom stereocenters. The third-order valence-corrected chi connectivity index (χ3v) is 4.37. The van der Waals surface area contributed by atoms with Crippen LogP contribution in [0.1, 0.15) is 23.5 Å². The van der Waals surface area contributed by atoms with E-state index < -0.39 is 0 Å². The molecular formula is C22H32IN3O2. The van der Waals surface area contributed by atoms with Crippen molar-refractivity contribution >= 4 is 29.9 Å². The van der Waals surface area contributed by atoms with Gasteiger partial charge >= 0.3 is 0 Å². The predicted octanol–water partition coefficient (Wildman–Crippen LogP) is 3.19. The van der Waals surface area contributed by atoms with E-state index in [9.17, 15) is 5.11 Å². The van der Waals surface area contributed by atoms with Crippen LogP contribution >= 0.6 is 24.0 Å².